The van der Waals surface area contributed by atoms with Gasteiger partial charge in [0.25, 0.3) is 5.91 Å². The predicted octanol–water partition coefficient (Wildman–Crippen LogP) is 4.95. The zero-order chi connectivity index (χ0) is 55.9. The van der Waals surface area contributed by atoms with Crippen LogP contribution in [0.25, 0.3) is 0 Å². The van der Waals surface area contributed by atoms with Crippen molar-refractivity contribution in [3.63, 3.8) is 0 Å². The van der Waals surface area contributed by atoms with Gasteiger partial charge in [0.15, 0.2) is 5.72 Å². The summed E-state index contributed by atoms with van der Waals surface area (Å²) < 4.78 is 12.8. The Hall–Kier alpha value is -5.53. The first-order chi connectivity index (χ1) is 36.0. The normalized spacial score (nSPS) is 33.4. The molecule has 4 aliphatic rings. The van der Waals surface area contributed by atoms with Crippen LogP contribution in [0.15, 0.2) is 83.3 Å². The number of carbonyl (C=O) groups is 6. The monoisotopic (exact) mass is 1060 g/mol. The van der Waals surface area contributed by atoms with Gasteiger partial charge in [0.1, 0.15) is 30.0 Å². The number of amides is 4. The smallest absolute Gasteiger partial charge is 0.325 e. The molecule has 18 heteroatoms. The molecule has 8 N–H and O–H groups in total. The Labute approximate surface area is 448 Å². The number of aromatic amines is 1. The number of hydrazine groups is 1. The van der Waals surface area contributed by atoms with Gasteiger partial charge < -0.3 is 50.5 Å². The number of rotatable bonds is 15. The summed E-state index contributed by atoms with van der Waals surface area (Å²) in [6, 6.07) is 1.01. The minimum Gasteiger partial charge on any atom is -0.456 e. The van der Waals surface area contributed by atoms with E-state index in [-0.39, 0.29) is 73.7 Å². The first-order valence-electron chi connectivity index (χ1n) is 27.5. The summed E-state index contributed by atoms with van der Waals surface area (Å²) in [7, 11) is 0. The van der Waals surface area contributed by atoms with Crippen LogP contribution in [0.2, 0.25) is 0 Å². The number of esters is 1. The number of carbonyl (C=O) groups excluding carboxylic acids is 6. The number of cyclic esters (lactones) is 1. The van der Waals surface area contributed by atoms with Crippen LogP contribution in [0.4, 0.5) is 0 Å². The highest BCUT2D eigenvalue weighted by molar-refractivity contribution is 5.93. The van der Waals surface area contributed by atoms with Crippen molar-refractivity contribution in [1.29, 1.82) is 0 Å². The molecule has 1 aromatic heterocycles. The molecule has 2 bridgehead atoms. The molecular formula is C58H86N6O12. The van der Waals surface area contributed by atoms with E-state index < -0.39 is 95.3 Å². The molecule has 18 nitrogen and oxygen atoms in total. The Morgan fingerprint density at radius 2 is 1.72 bits per heavy atom. The van der Waals surface area contributed by atoms with Crippen molar-refractivity contribution in [2.24, 2.45) is 41.4 Å². The molecule has 0 aromatic carbocycles. The number of H-pyrrole nitrogens is 1. The molecule has 0 radical (unpaired) electrons. The highest BCUT2D eigenvalue weighted by Crippen LogP contribution is 2.39. The average molecular weight is 1060 g/mol. The van der Waals surface area contributed by atoms with Crippen molar-refractivity contribution in [2.45, 2.75) is 187 Å². The maximum atomic E-state index is 14.5. The fraction of sp³-hybridized carbons (Fsp3) is 0.638. The number of aromatic nitrogens is 1. The highest BCUT2D eigenvalue weighted by atomic mass is 16.5. The number of ether oxygens (including phenoxy) is 2. The number of pyridine rings is 1. The van der Waals surface area contributed by atoms with Gasteiger partial charge in [-0.05, 0) is 88.3 Å². The highest BCUT2D eigenvalue weighted by Gasteiger charge is 2.48. The quantitative estimate of drug-likeness (QED) is 0.0658. The van der Waals surface area contributed by atoms with Gasteiger partial charge in [-0.15, -0.1) is 0 Å². The molecule has 5 heterocycles. The standard InChI is InChI=1S/C58H86N6O12/c1-10-41-31-38(7)58(62-53(41)70)29-28-37(6)49(76-58)33-47(67)35(4)19-13-11-14-20-36(5)48-24-16-12-15-23-46(66)40(9)52(69)43(27-26-39(8)65)54(71)61-51(34(2)3)55(72)60-45(32-42-21-17-25-50(68)59-42)56(73)64-30-18-22-44(63-64)57(74)75-48/h11-12,14-17,20-21,23,25,28-29,34-35,37-38,40-41,43-49,51-52,63,66-67,69H,10,13,18-19,22,24,26-27,30-33H2,1-9H3,(H,59,68)(H,60,72)(H,61,71)(H,62,70)/b14-11+,16-12+,23-15+,36-20+/t35-,37+,38-,40-,41-,43+,44?,45-,46-,47-,48-,49-,51-,52+,58-/m0/s1. The number of nitrogens with one attached hydrogen (secondary N) is 5. The molecular weight excluding hydrogens is 973 g/mol. The van der Waals surface area contributed by atoms with Crippen LogP contribution in [0.3, 0.4) is 0 Å². The first kappa shape index (κ1) is 61.3. The number of Topliss-reactive ketones (excluding diaryl/α,β-unsaturated/α-hetero) is 1. The first-order valence-corrected chi connectivity index (χ1v) is 27.5. The fourth-order valence-corrected chi connectivity index (χ4v) is 10.3. The number of fused-ring (bicyclic) bond motifs is 2. The van der Waals surface area contributed by atoms with E-state index in [9.17, 15) is 48.9 Å². The fourth-order valence-electron chi connectivity index (χ4n) is 10.3. The van der Waals surface area contributed by atoms with Crippen LogP contribution in [-0.2, 0) is 44.7 Å². The summed E-state index contributed by atoms with van der Waals surface area (Å²) in [6.07, 6.45) is 16.0. The number of aliphatic hydroxyl groups excluding tert-OH is 3. The van der Waals surface area contributed by atoms with Gasteiger partial charge in [0.2, 0.25) is 23.3 Å². The third-order valence-corrected chi connectivity index (χ3v) is 15.7. The van der Waals surface area contributed by atoms with Gasteiger partial charge in [0, 0.05) is 67.7 Å². The van der Waals surface area contributed by atoms with E-state index in [1.54, 1.807) is 45.1 Å². The van der Waals surface area contributed by atoms with Crippen molar-refractivity contribution in [3.05, 3.63) is 94.5 Å². The number of ketones is 1. The average Bonchev–Trinajstić information content (AvgIpc) is 3.38. The molecule has 2 fully saturated rings. The Kier molecular flexibility index (Phi) is 23.2. The van der Waals surface area contributed by atoms with Crippen LogP contribution < -0.4 is 26.9 Å². The molecule has 0 aliphatic carbocycles. The van der Waals surface area contributed by atoms with Gasteiger partial charge in [-0.25, -0.2) is 5.43 Å². The van der Waals surface area contributed by atoms with Crippen molar-refractivity contribution in [3.8, 4) is 0 Å². The van der Waals surface area contributed by atoms with E-state index >= 15 is 0 Å². The predicted molar refractivity (Wildman–Crippen MR) is 288 cm³/mol. The number of nitrogens with zero attached hydrogens (tertiary/aromatic N) is 1. The Morgan fingerprint density at radius 1 is 0.974 bits per heavy atom. The van der Waals surface area contributed by atoms with Gasteiger partial charge in [-0.3, -0.25) is 33.8 Å². The minimum absolute atomic E-state index is 0.00133. The summed E-state index contributed by atoms with van der Waals surface area (Å²) in [5, 5.41) is 44.1. The maximum absolute atomic E-state index is 14.5. The summed E-state index contributed by atoms with van der Waals surface area (Å²) in [5.41, 5.74) is 2.80. The van der Waals surface area contributed by atoms with E-state index in [1.807, 2.05) is 45.1 Å². The van der Waals surface area contributed by atoms with E-state index in [2.05, 4.69) is 46.3 Å². The van der Waals surface area contributed by atoms with Crippen LogP contribution in [0, 0.1) is 41.4 Å². The van der Waals surface area contributed by atoms with E-state index in [4.69, 9.17) is 9.47 Å². The molecule has 76 heavy (non-hydrogen) atoms. The maximum Gasteiger partial charge on any atom is 0.325 e. The molecule has 4 aliphatic heterocycles. The topological polar surface area (TPSA) is 266 Å². The lowest BCUT2D eigenvalue weighted by Crippen LogP contribution is -2.62. The van der Waals surface area contributed by atoms with E-state index in [1.165, 1.54) is 30.1 Å². The number of hydrogen-bond acceptors (Lipinski definition) is 13. The summed E-state index contributed by atoms with van der Waals surface area (Å²) in [4.78, 5) is 96.8. The SMILES string of the molecule is CC[C@H]1C[C@H](C)[C@@]2(C=C[C@@H](C)[C@H](C[C@H](O)[C@@H](C)CC/C=C/C=C(\C)[C@@H]3C/C=C/C=C/[C@H](O)[C@H](C)[C@@H](O)[C@@H](CCC(C)=O)C(=O)N[C@@H](C(C)C)C(=O)N[C@@H](Cc4cccc(=O)[nH]4)C(=O)N4CCCC(N4)C(=O)O3)O2)NC1=O. The van der Waals surface area contributed by atoms with Gasteiger partial charge in [-0.2, -0.15) is 0 Å². The van der Waals surface area contributed by atoms with Crippen LogP contribution in [0.1, 0.15) is 132 Å². The Bertz CT molecular complexity index is 2380. The van der Waals surface area contributed by atoms with Crippen LogP contribution in [0.5, 0.6) is 0 Å². The second kappa shape index (κ2) is 28.7. The molecule has 420 valence electrons. The molecule has 1 spiro atoms. The lowest BCUT2D eigenvalue weighted by atomic mass is 9.78. The molecule has 1 aromatic rings. The van der Waals surface area contributed by atoms with Crippen molar-refractivity contribution < 1.29 is 53.6 Å². The van der Waals surface area contributed by atoms with Gasteiger partial charge in [-0.1, -0.05) is 103 Å². The summed E-state index contributed by atoms with van der Waals surface area (Å²) in [6.45, 7) is 16.6. The van der Waals surface area contributed by atoms with Crippen molar-refractivity contribution >= 4 is 35.4 Å². The van der Waals surface area contributed by atoms with Crippen LogP contribution in [-0.4, -0.2) is 122 Å². The van der Waals surface area contributed by atoms with Gasteiger partial charge in [0.05, 0.1) is 30.3 Å². The zero-order valence-electron chi connectivity index (χ0n) is 46.0. The minimum atomic E-state index is -1.44. The number of allylic oxidation sites excluding steroid dienone is 5. The largest absolute Gasteiger partial charge is 0.456 e. The number of piperidine rings is 1. The zero-order valence-corrected chi connectivity index (χ0v) is 46.0. The lowest BCUT2D eigenvalue weighted by Gasteiger charge is -2.48. The second-order valence-electron chi connectivity index (χ2n) is 22.1. The molecule has 1 unspecified atom stereocenters. The van der Waals surface area contributed by atoms with E-state index in [0.29, 0.717) is 37.8 Å². The second-order valence-corrected chi connectivity index (χ2v) is 22.1. The Morgan fingerprint density at radius 3 is 2.42 bits per heavy atom. The third-order valence-electron chi connectivity index (χ3n) is 15.7. The number of hydrogen-bond donors (Lipinski definition) is 8. The van der Waals surface area contributed by atoms with E-state index in [0.717, 1.165) is 18.4 Å². The summed E-state index contributed by atoms with van der Waals surface area (Å²) >= 11 is 0. The molecule has 2 saturated heterocycles. The van der Waals surface area contributed by atoms with Crippen molar-refractivity contribution in [2.75, 3.05) is 6.54 Å². The summed E-state index contributed by atoms with van der Waals surface area (Å²) in [5.74, 6) is -5.41. The lowest BCUT2D eigenvalue weighted by molar-refractivity contribution is -0.174. The van der Waals surface area contributed by atoms with Gasteiger partial charge >= 0.3 is 5.97 Å². The molecule has 5 rings (SSSR count). The molecule has 4 amide bonds. The molecule has 15 atom stereocenters. The third kappa shape index (κ3) is 17.0. The Balaban J connectivity index is 1.34. The van der Waals surface area contributed by atoms with Crippen molar-refractivity contribution in [1.82, 2.24) is 31.4 Å². The molecule has 0 saturated carbocycles. The number of aliphatic hydroxyl groups is 3. The van der Waals surface area contributed by atoms with Crippen LogP contribution >= 0.6 is 0 Å².